The quantitative estimate of drug-likeness (QED) is 0.858. The third kappa shape index (κ3) is 2.32. The molecule has 2 rings (SSSR count). The van der Waals surface area contributed by atoms with Crippen LogP contribution in [0, 0.1) is 17.1 Å². The van der Waals surface area contributed by atoms with Gasteiger partial charge in [0, 0.05) is 13.2 Å². The lowest BCUT2D eigenvalue weighted by molar-refractivity contribution is 0.102. The molecule has 0 spiro atoms. The maximum absolute atomic E-state index is 12.6. The molecule has 0 bridgehead atoms. The Kier molecular flexibility index (Phi) is 3.02. The lowest BCUT2D eigenvalue weighted by Gasteiger charge is -2.01. The maximum atomic E-state index is 12.6. The minimum Gasteiger partial charge on any atom is -0.303 e. The number of halogens is 1. The Bertz CT molecular complexity index is 626. The summed E-state index contributed by atoms with van der Waals surface area (Å²) < 4.78 is 14.1. The van der Waals surface area contributed by atoms with Gasteiger partial charge in [0.1, 0.15) is 23.1 Å². The molecule has 2 aromatic rings. The maximum Gasteiger partial charge on any atom is 0.275 e. The number of aryl methyl sites for hydroxylation is 1. The highest BCUT2D eigenvalue weighted by atomic mass is 19.1. The Morgan fingerprint density at radius 3 is 2.94 bits per heavy atom. The largest absolute Gasteiger partial charge is 0.303 e. The Balaban J connectivity index is 2.21. The van der Waals surface area contributed by atoms with E-state index in [1.807, 2.05) is 6.07 Å². The van der Waals surface area contributed by atoms with Gasteiger partial charge in [0.05, 0.1) is 6.20 Å². The molecule has 0 aliphatic carbocycles. The van der Waals surface area contributed by atoms with Crippen molar-refractivity contribution in [1.82, 2.24) is 14.8 Å². The van der Waals surface area contributed by atoms with Gasteiger partial charge in [-0.15, -0.1) is 0 Å². The molecule has 0 saturated carbocycles. The van der Waals surface area contributed by atoms with Gasteiger partial charge in [-0.3, -0.25) is 9.48 Å². The van der Waals surface area contributed by atoms with Crippen molar-refractivity contribution in [2.75, 3.05) is 5.32 Å². The number of carbonyl (C=O) groups excluding carboxylic acids is 1. The highest BCUT2D eigenvalue weighted by Crippen LogP contribution is 2.12. The average molecular weight is 245 g/mol. The van der Waals surface area contributed by atoms with Crippen LogP contribution in [0.3, 0.4) is 0 Å². The van der Waals surface area contributed by atoms with E-state index in [2.05, 4.69) is 15.4 Å². The molecule has 1 N–H and O–H groups in total. The summed E-state index contributed by atoms with van der Waals surface area (Å²) in [6, 6.07) is 4.28. The smallest absolute Gasteiger partial charge is 0.275 e. The third-order valence-corrected chi connectivity index (χ3v) is 2.14. The van der Waals surface area contributed by atoms with Gasteiger partial charge >= 0.3 is 0 Å². The number of nitriles is 1. The first kappa shape index (κ1) is 11.7. The van der Waals surface area contributed by atoms with E-state index in [9.17, 15) is 9.18 Å². The van der Waals surface area contributed by atoms with Crippen LogP contribution in [0.25, 0.3) is 0 Å². The van der Waals surface area contributed by atoms with Gasteiger partial charge in [0.15, 0.2) is 5.82 Å². The number of hydrogen-bond acceptors (Lipinski definition) is 4. The summed E-state index contributed by atoms with van der Waals surface area (Å²) in [5.41, 5.74) is 0.291. The molecule has 2 heterocycles. The molecule has 0 aliphatic heterocycles. The molecule has 0 unspecified atom stereocenters. The van der Waals surface area contributed by atoms with Gasteiger partial charge < -0.3 is 5.32 Å². The number of amides is 1. The lowest BCUT2D eigenvalue weighted by atomic mass is 10.3. The predicted molar refractivity (Wildman–Crippen MR) is 60.1 cm³/mol. The number of hydrogen-bond donors (Lipinski definition) is 1. The first-order chi connectivity index (χ1) is 8.60. The van der Waals surface area contributed by atoms with Gasteiger partial charge in [-0.25, -0.2) is 9.37 Å². The van der Waals surface area contributed by atoms with Crippen LogP contribution >= 0.6 is 0 Å². The van der Waals surface area contributed by atoms with Crippen LogP contribution in [0.5, 0.6) is 0 Å². The first-order valence-corrected chi connectivity index (χ1v) is 4.97. The molecule has 0 aromatic carbocycles. The van der Waals surface area contributed by atoms with Crippen LogP contribution in [0.1, 0.15) is 16.1 Å². The second kappa shape index (κ2) is 4.63. The number of nitrogens with one attached hydrogen (secondary N) is 1. The fourth-order valence-corrected chi connectivity index (χ4v) is 1.34. The summed E-state index contributed by atoms with van der Waals surface area (Å²) in [7, 11) is 1.63. The highest BCUT2D eigenvalue weighted by Gasteiger charge is 2.13. The van der Waals surface area contributed by atoms with Crippen molar-refractivity contribution in [3.63, 3.8) is 0 Å². The average Bonchev–Trinajstić information content (AvgIpc) is 2.70. The molecule has 90 valence electrons. The van der Waals surface area contributed by atoms with Gasteiger partial charge in [-0.05, 0) is 12.1 Å². The monoisotopic (exact) mass is 245 g/mol. The van der Waals surface area contributed by atoms with Crippen LogP contribution in [0.2, 0.25) is 0 Å². The molecule has 0 radical (unpaired) electrons. The van der Waals surface area contributed by atoms with Crippen LogP contribution in [-0.2, 0) is 7.05 Å². The van der Waals surface area contributed by atoms with Crippen molar-refractivity contribution in [1.29, 1.82) is 5.26 Å². The summed E-state index contributed by atoms with van der Waals surface area (Å²) in [6.07, 6.45) is 2.42. The van der Waals surface area contributed by atoms with E-state index in [0.717, 1.165) is 12.3 Å². The Morgan fingerprint density at radius 1 is 1.56 bits per heavy atom. The molecule has 0 saturated heterocycles. The molecule has 7 heteroatoms. The molecular weight excluding hydrogens is 237 g/mol. The third-order valence-electron chi connectivity index (χ3n) is 2.14. The molecule has 0 fully saturated rings. The van der Waals surface area contributed by atoms with Gasteiger partial charge in [0.2, 0.25) is 0 Å². The first-order valence-electron chi connectivity index (χ1n) is 4.97. The molecule has 18 heavy (non-hydrogen) atoms. The van der Waals surface area contributed by atoms with Gasteiger partial charge in [-0.1, -0.05) is 0 Å². The van der Waals surface area contributed by atoms with Crippen molar-refractivity contribution >= 4 is 11.7 Å². The lowest BCUT2D eigenvalue weighted by Crippen LogP contribution is -2.14. The highest BCUT2D eigenvalue weighted by molar-refractivity contribution is 6.02. The summed E-state index contributed by atoms with van der Waals surface area (Å²) in [5, 5.41) is 15.2. The fourth-order valence-electron chi connectivity index (χ4n) is 1.34. The summed E-state index contributed by atoms with van der Waals surface area (Å²) in [5.74, 6) is -0.927. The normalized spacial score (nSPS) is 9.83. The van der Waals surface area contributed by atoms with E-state index < -0.39 is 11.7 Å². The Morgan fingerprint density at radius 2 is 2.33 bits per heavy atom. The van der Waals surface area contributed by atoms with Crippen molar-refractivity contribution < 1.29 is 9.18 Å². The topological polar surface area (TPSA) is 83.6 Å². The van der Waals surface area contributed by atoms with E-state index in [4.69, 9.17) is 5.26 Å². The predicted octanol–water partition coefficient (Wildman–Crippen LogP) is 1.08. The summed E-state index contributed by atoms with van der Waals surface area (Å²) >= 11 is 0. The molecule has 0 aliphatic rings. The SMILES string of the molecule is Cn1cc(C#N)c(NC(=O)c2ccc(F)cn2)n1. The number of nitrogens with zero attached hydrogens (tertiary/aromatic N) is 4. The Hall–Kier alpha value is -2.75. The van der Waals surface area contributed by atoms with E-state index in [1.165, 1.54) is 16.9 Å². The molecule has 1 amide bonds. The summed E-state index contributed by atoms with van der Waals surface area (Å²) in [4.78, 5) is 15.4. The molecule has 0 atom stereocenters. The van der Waals surface area contributed by atoms with E-state index in [-0.39, 0.29) is 17.1 Å². The zero-order chi connectivity index (χ0) is 13.1. The second-order valence-corrected chi connectivity index (χ2v) is 3.49. The van der Waals surface area contributed by atoms with Crippen LogP contribution in [0.4, 0.5) is 10.2 Å². The fraction of sp³-hybridized carbons (Fsp3) is 0.0909. The van der Waals surface area contributed by atoms with Crippen LogP contribution in [0.15, 0.2) is 24.5 Å². The number of rotatable bonds is 2. The van der Waals surface area contributed by atoms with Crippen molar-refractivity contribution in [2.45, 2.75) is 0 Å². The van der Waals surface area contributed by atoms with Gasteiger partial charge in [0.25, 0.3) is 5.91 Å². The Labute approximate surface area is 102 Å². The molecular formula is C11H8FN5O. The molecule has 2 aromatic heterocycles. The number of anilines is 1. The van der Waals surface area contributed by atoms with Gasteiger partial charge in [-0.2, -0.15) is 10.4 Å². The number of aromatic nitrogens is 3. The van der Waals surface area contributed by atoms with E-state index in [0.29, 0.717) is 0 Å². The zero-order valence-electron chi connectivity index (χ0n) is 9.38. The van der Waals surface area contributed by atoms with Crippen molar-refractivity contribution in [2.24, 2.45) is 7.05 Å². The van der Waals surface area contributed by atoms with Crippen molar-refractivity contribution in [3.8, 4) is 6.07 Å². The van der Waals surface area contributed by atoms with Crippen LogP contribution < -0.4 is 5.32 Å². The number of carbonyl (C=O) groups is 1. The minimum absolute atomic E-state index is 0.0472. The standard InChI is InChI=1S/C11H8FN5O/c1-17-6-7(4-13)10(16-17)15-11(18)9-3-2-8(12)5-14-9/h2-3,5-6H,1H3,(H,15,16,18). The summed E-state index contributed by atoms with van der Waals surface area (Å²) in [6.45, 7) is 0. The number of pyridine rings is 1. The second-order valence-electron chi connectivity index (χ2n) is 3.49. The van der Waals surface area contributed by atoms with E-state index >= 15 is 0 Å². The molecule has 6 nitrogen and oxygen atoms in total. The van der Waals surface area contributed by atoms with Crippen LogP contribution in [-0.4, -0.2) is 20.7 Å². The van der Waals surface area contributed by atoms with Crippen molar-refractivity contribution in [3.05, 3.63) is 41.6 Å². The zero-order valence-corrected chi connectivity index (χ0v) is 9.38. The van der Waals surface area contributed by atoms with E-state index in [1.54, 1.807) is 7.05 Å². The minimum atomic E-state index is -0.551.